The molecule has 18 heavy (non-hydrogen) atoms. The first-order valence-corrected chi connectivity index (χ1v) is 5.40. The first-order chi connectivity index (χ1) is 8.74. The number of anilines is 1. The van der Waals surface area contributed by atoms with Crippen molar-refractivity contribution in [3.63, 3.8) is 0 Å². The van der Waals surface area contributed by atoms with Crippen molar-refractivity contribution < 1.29 is 0 Å². The van der Waals surface area contributed by atoms with Crippen molar-refractivity contribution in [2.75, 3.05) is 5.32 Å². The molecule has 3 aromatic rings. The van der Waals surface area contributed by atoms with Gasteiger partial charge >= 0.3 is 5.69 Å². The van der Waals surface area contributed by atoms with Crippen LogP contribution in [0.5, 0.6) is 0 Å². The summed E-state index contributed by atoms with van der Waals surface area (Å²) < 4.78 is 1.42. The normalized spacial score (nSPS) is 10.9. The maximum atomic E-state index is 11.4. The molecule has 0 aliphatic heterocycles. The zero-order chi connectivity index (χ0) is 12.5. The van der Waals surface area contributed by atoms with Gasteiger partial charge in [-0.2, -0.15) is 10.2 Å². The van der Waals surface area contributed by atoms with E-state index in [1.807, 2.05) is 0 Å². The fraction of sp³-hybridized carbons (Fsp3) is 0.200. The van der Waals surface area contributed by atoms with Crippen LogP contribution in [0.25, 0.3) is 5.65 Å². The van der Waals surface area contributed by atoms with Gasteiger partial charge in [-0.1, -0.05) is 0 Å². The van der Waals surface area contributed by atoms with Crippen LogP contribution in [0.4, 0.5) is 5.82 Å². The molecular formula is C10H11N7O. The molecular weight excluding hydrogens is 234 g/mol. The maximum absolute atomic E-state index is 11.4. The van der Waals surface area contributed by atoms with Gasteiger partial charge in [-0.05, 0) is 6.92 Å². The first kappa shape index (κ1) is 10.5. The zero-order valence-corrected chi connectivity index (χ0v) is 9.64. The molecule has 3 aromatic heterocycles. The fourth-order valence-corrected chi connectivity index (χ4v) is 1.76. The predicted molar refractivity (Wildman–Crippen MR) is 64.3 cm³/mol. The minimum atomic E-state index is -0.281. The van der Waals surface area contributed by atoms with Crippen LogP contribution in [0.1, 0.15) is 11.4 Å². The molecule has 3 N–H and O–H groups in total. The van der Waals surface area contributed by atoms with E-state index in [9.17, 15) is 4.79 Å². The molecule has 0 bridgehead atoms. The highest BCUT2D eigenvalue weighted by molar-refractivity contribution is 5.49. The number of aromatic amines is 2. The number of hydrogen-bond acceptors (Lipinski definition) is 5. The lowest BCUT2D eigenvalue weighted by atomic mass is 10.3. The van der Waals surface area contributed by atoms with Gasteiger partial charge in [0.1, 0.15) is 11.6 Å². The van der Waals surface area contributed by atoms with Gasteiger partial charge in [-0.15, -0.1) is 0 Å². The molecule has 0 aliphatic rings. The Morgan fingerprint density at radius 1 is 1.50 bits per heavy atom. The average molecular weight is 245 g/mol. The second-order valence-electron chi connectivity index (χ2n) is 3.87. The number of nitrogens with zero attached hydrogens (tertiary/aromatic N) is 4. The van der Waals surface area contributed by atoms with E-state index in [-0.39, 0.29) is 5.69 Å². The van der Waals surface area contributed by atoms with Crippen molar-refractivity contribution in [2.24, 2.45) is 0 Å². The Labute approximate surface area is 101 Å². The Bertz CT molecular complexity index is 724. The van der Waals surface area contributed by atoms with Crippen molar-refractivity contribution in [3.05, 3.63) is 40.3 Å². The lowest BCUT2D eigenvalue weighted by Gasteiger charge is -2.05. The van der Waals surface area contributed by atoms with Crippen LogP contribution < -0.4 is 11.0 Å². The van der Waals surface area contributed by atoms with Gasteiger partial charge in [0.05, 0.1) is 6.20 Å². The first-order valence-electron chi connectivity index (χ1n) is 5.40. The standard InChI is InChI=1S/C10H11N7O/c1-6-14-8(11-3-7-4-12-13-5-7)2-9-15-16-10(18)17(6)9/h2,4-5,11H,3H2,1H3,(H,12,13)(H,16,18). The molecule has 3 rings (SSSR count). The smallest absolute Gasteiger partial charge is 0.349 e. The van der Waals surface area contributed by atoms with Crippen molar-refractivity contribution in [1.29, 1.82) is 0 Å². The molecule has 8 heteroatoms. The molecule has 0 saturated carbocycles. The molecule has 92 valence electrons. The molecule has 3 heterocycles. The molecule has 0 aromatic carbocycles. The second kappa shape index (κ2) is 3.99. The number of nitrogens with one attached hydrogen (secondary N) is 3. The second-order valence-corrected chi connectivity index (χ2v) is 3.87. The molecule has 0 atom stereocenters. The summed E-state index contributed by atoms with van der Waals surface area (Å²) in [4.78, 5) is 15.7. The third-order valence-electron chi connectivity index (χ3n) is 2.60. The van der Waals surface area contributed by atoms with Gasteiger partial charge in [-0.3, -0.25) is 5.10 Å². The summed E-state index contributed by atoms with van der Waals surface area (Å²) >= 11 is 0. The summed E-state index contributed by atoms with van der Waals surface area (Å²) in [5, 5.41) is 16.0. The van der Waals surface area contributed by atoms with Crippen LogP contribution in [-0.4, -0.2) is 29.8 Å². The number of aryl methyl sites for hydroxylation is 1. The topological polar surface area (TPSA) is 104 Å². The van der Waals surface area contributed by atoms with E-state index in [2.05, 4.69) is 30.7 Å². The molecule has 0 radical (unpaired) electrons. The summed E-state index contributed by atoms with van der Waals surface area (Å²) in [6, 6.07) is 1.71. The van der Waals surface area contributed by atoms with Crippen molar-refractivity contribution >= 4 is 11.5 Å². The number of fused-ring (bicyclic) bond motifs is 1. The Kier molecular flexibility index (Phi) is 2.33. The van der Waals surface area contributed by atoms with Gasteiger partial charge in [0, 0.05) is 24.4 Å². The summed E-state index contributed by atoms with van der Waals surface area (Å²) in [5.41, 5.74) is 1.28. The van der Waals surface area contributed by atoms with Crippen LogP contribution in [0, 0.1) is 6.92 Å². The van der Waals surface area contributed by atoms with Crippen LogP contribution in [0.2, 0.25) is 0 Å². The Balaban J connectivity index is 1.91. The van der Waals surface area contributed by atoms with Crippen molar-refractivity contribution in [2.45, 2.75) is 13.5 Å². The van der Waals surface area contributed by atoms with E-state index < -0.39 is 0 Å². The Morgan fingerprint density at radius 3 is 3.17 bits per heavy atom. The number of rotatable bonds is 3. The van der Waals surface area contributed by atoms with E-state index in [4.69, 9.17) is 0 Å². The van der Waals surface area contributed by atoms with Crippen LogP contribution in [-0.2, 0) is 6.54 Å². The van der Waals surface area contributed by atoms with Crippen LogP contribution in [0.3, 0.4) is 0 Å². The lowest BCUT2D eigenvalue weighted by Crippen LogP contribution is -2.14. The zero-order valence-electron chi connectivity index (χ0n) is 9.64. The van der Waals surface area contributed by atoms with Crippen molar-refractivity contribution in [1.82, 2.24) is 29.8 Å². The van der Waals surface area contributed by atoms with E-state index in [0.717, 1.165) is 5.56 Å². The average Bonchev–Trinajstić information content (AvgIpc) is 2.97. The number of H-pyrrole nitrogens is 2. The minimum absolute atomic E-state index is 0.281. The Morgan fingerprint density at radius 2 is 2.39 bits per heavy atom. The molecule has 0 fully saturated rings. The monoisotopic (exact) mass is 245 g/mol. The minimum Gasteiger partial charge on any atom is -0.366 e. The van der Waals surface area contributed by atoms with Gasteiger partial charge < -0.3 is 5.32 Å². The lowest BCUT2D eigenvalue weighted by molar-refractivity contribution is 0.931. The molecule has 0 saturated heterocycles. The molecule has 0 unspecified atom stereocenters. The highest BCUT2D eigenvalue weighted by Gasteiger charge is 2.06. The Hall–Kier alpha value is -2.64. The van der Waals surface area contributed by atoms with Gasteiger partial charge in [0.15, 0.2) is 5.65 Å². The summed E-state index contributed by atoms with van der Waals surface area (Å²) in [5.74, 6) is 1.25. The SMILES string of the molecule is Cc1nc(NCc2cn[nH]c2)cc2n[nH]c(=O)n12. The van der Waals surface area contributed by atoms with Crippen LogP contribution in [0.15, 0.2) is 23.3 Å². The fourth-order valence-electron chi connectivity index (χ4n) is 1.76. The van der Waals surface area contributed by atoms with Crippen molar-refractivity contribution in [3.8, 4) is 0 Å². The number of hydrogen-bond donors (Lipinski definition) is 3. The van der Waals surface area contributed by atoms with Gasteiger partial charge in [-0.25, -0.2) is 19.3 Å². The highest BCUT2D eigenvalue weighted by Crippen LogP contribution is 2.09. The summed E-state index contributed by atoms with van der Waals surface area (Å²) in [6.45, 7) is 2.36. The molecule has 0 aliphatic carbocycles. The maximum Gasteiger partial charge on any atom is 0.349 e. The van der Waals surface area contributed by atoms with E-state index in [1.54, 1.807) is 25.4 Å². The van der Waals surface area contributed by atoms with E-state index in [1.165, 1.54) is 4.40 Å². The number of aromatic nitrogens is 6. The molecule has 0 amide bonds. The largest absolute Gasteiger partial charge is 0.366 e. The summed E-state index contributed by atoms with van der Waals surface area (Å²) in [6.07, 6.45) is 3.54. The van der Waals surface area contributed by atoms with Gasteiger partial charge in [0.25, 0.3) is 0 Å². The predicted octanol–water partition coefficient (Wildman–Crippen LogP) is 0.0612. The van der Waals surface area contributed by atoms with Crippen LogP contribution >= 0.6 is 0 Å². The van der Waals surface area contributed by atoms with E-state index in [0.29, 0.717) is 23.8 Å². The van der Waals surface area contributed by atoms with Gasteiger partial charge in [0.2, 0.25) is 0 Å². The third-order valence-corrected chi connectivity index (χ3v) is 2.60. The molecule has 0 spiro atoms. The van der Waals surface area contributed by atoms with E-state index >= 15 is 0 Å². The summed E-state index contributed by atoms with van der Waals surface area (Å²) in [7, 11) is 0. The third kappa shape index (κ3) is 1.73. The highest BCUT2D eigenvalue weighted by atomic mass is 16.1. The quantitative estimate of drug-likeness (QED) is 0.605. The molecule has 8 nitrogen and oxygen atoms in total.